The fourth-order valence-electron chi connectivity index (χ4n) is 2.80. The number of carbonyl (C=O) groups is 2. The van der Waals surface area contributed by atoms with Gasteiger partial charge in [-0.05, 0) is 25.7 Å². The molecule has 1 aliphatic rings. The maximum Gasteiger partial charge on any atom is 0.326 e. The van der Waals surface area contributed by atoms with E-state index in [1.54, 1.807) is 13.8 Å². The van der Waals surface area contributed by atoms with Crippen molar-refractivity contribution in [3.05, 3.63) is 17.3 Å². The van der Waals surface area contributed by atoms with E-state index in [1.807, 2.05) is 0 Å². The summed E-state index contributed by atoms with van der Waals surface area (Å²) in [6.07, 6.45) is 4.85. The van der Waals surface area contributed by atoms with E-state index in [2.05, 4.69) is 10.3 Å². The van der Waals surface area contributed by atoms with Crippen LogP contribution in [-0.2, 0) is 4.79 Å². The SMILES string of the molecule is Cc1nc(C)c(C(=O)NC(C(=O)O)C2CCCCC2)o1. The van der Waals surface area contributed by atoms with Gasteiger partial charge in [0, 0.05) is 6.92 Å². The van der Waals surface area contributed by atoms with Gasteiger partial charge in [-0.1, -0.05) is 19.3 Å². The summed E-state index contributed by atoms with van der Waals surface area (Å²) < 4.78 is 5.23. The van der Waals surface area contributed by atoms with Gasteiger partial charge in [0.1, 0.15) is 6.04 Å². The summed E-state index contributed by atoms with van der Waals surface area (Å²) in [5.74, 6) is -0.989. The quantitative estimate of drug-likeness (QED) is 0.880. The molecule has 1 aromatic rings. The molecule has 6 heteroatoms. The highest BCUT2D eigenvalue weighted by atomic mass is 16.4. The second-order valence-electron chi connectivity index (χ2n) is 5.33. The largest absolute Gasteiger partial charge is 0.480 e. The predicted molar refractivity (Wildman–Crippen MR) is 71.4 cm³/mol. The van der Waals surface area contributed by atoms with Crippen molar-refractivity contribution in [2.75, 3.05) is 0 Å². The molecule has 1 saturated carbocycles. The lowest BCUT2D eigenvalue weighted by molar-refractivity contribution is -0.141. The first-order valence-electron chi connectivity index (χ1n) is 6.96. The highest BCUT2D eigenvalue weighted by molar-refractivity contribution is 5.95. The van der Waals surface area contributed by atoms with Crippen molar-refractivity contribution in [2.24, 2.45) is 5.92 Å². The molecule has 1 aromatic heterocycles. The zero-order valence-electron chi connectivity index (χ0n) is 11.8. The van der Waals surface area contributed by atoms with E-state index in [9.17, 15) is 14.7 Å². The van der Waals surface area contributed by atoms with Crippen molar-refractivity contribution < 1.29 is 19.1 Å². The number of amides is 1. The third-order valence-electron chi connectivity index (χ3n) is 3.78. The maximum atomic E-state index is 12.1. The fraction of sp³-hybridized carbons (Fsp3) is 0.643. The number of carboxylic acid groups (broad SMARTS) is 1. The van der Waals surface area contributed by atoms with Crippen molar-refractivity contribution in [3.8, 4) is 0 Å². The number of aromatic nitrogens is 1. The molecule has 0 aromatic carbocycles. The van der Waals surface area contributed by atoms with Crippen LogP contribution in [0.15, 0.2) is 4.42 Å². The topological polar surface area (TPSA) is 92.4 Å². The third kappa shape index (κ3) is 3.18. The van der Waals surface area contributed by atoms with Crippen LogP contribution < -0.4 is 5.32 Å². The van der Waals surface area contributed by atoms with Crippen LogP contribution in [0.4, 0.5) is 0 Å². The Kier molecular flexibility index (Phi) is 4.42. The van der Waals surface area contributed by atoms with Crippen LogP contribution in [0.1, 0.15) is 54.2 Å². The lowest BCUT2D eigenvalue weighted by Crippen LogP contribution is -2.46. The van der Waals surface area contributed by atoms with Gasteiger partial charge in [-0.15, -0.1) is 0 Å². The van der Waals surface area contributed by atoms with E-state index in [-0.39, 0.29) is 11.7 Å². The minimum atomic E-state index is -0.987. The first kappa shape index (κ1) is 14.6. The summed E-state index contributed by atoms with van der Waals surface area (Å²) in [4.78, 5) is 27.5. The van der Waals surface area contributed by atoms with Crippen molar-refractivity contribution in [1.82, 2.24) is 10.3 Å². The van der Waals surface area contributed by atoms with Crippen LogP contribution in [0.3, 0.4) is 0 Å². The van der Waals surface area contributed by atoms with Crippen molar-refractivity contribution in [2.45, 2.75) is 52.0 Å². The van der Waals surface area contributed by atoms with Gasteiger partial charge in [0.05, 0.1) is 5.69 Å². The average Bonchev–Trinajstić information content (AvgIpc) is 2.75. The Balaban J connectivity index is 2.09. The zero-order valence-corrected chi connectivity index (χ0v) is 11.8. The molecule has 1 aliphatic carbocycles. The molecular formula is C14H20N2O4. The molecule has 0 spiro atoms. The van der Waals surface area contributed by atoms with Gasteiger partial charge in [0.15, 0.2) is 5.89 Å². The second kappa shape index (κ2) is 6.07. The highest BCUT2D eigenvalue weighted by Crippen LogP contribution is 2.27. The van der Waals surface area contributed by atoms with Gasteiger partial charge >= 0.3 is 5.97 Å². The first-order valence-corrected chi connectivity index (χ1v) is 6.96. The molecule has 1 heterocycles. The number of rotatable bonds is 4. The van der Waals surface area contributed by atoms with Gasteiger partial charge < -0.3 is 14.8 Å². The molecule has 1 amide bonds. The summed E-state index contributed by atoms with van der Waals surface area (Å²) in [5, 5.41) is 11.9. The Morgan fingerprint density at radius 1 is 1.30 bits per heavy atom. The lowest BCUT2D eigenvalue weighted by atomic mass is 9.84. The molecule has 0 bridgehead atoms. The summed E-state index contributed by atoms with van der Waals surface area (Å²) in [7, 11) is 0. The molecule has 1 unspecified atom stereocenters. The molecule has 2 rings (SSSR count). The van der Waals surface area contributed by atoms with Crippen molar-refractivity contribution >= 4 is 11.9 Å². The summed E-state index contributed by atoms with van der Waals surface area (Å²) in [5.41, 5.74) is 0.479. The monoisotopic (exact) mass is 280 g/mol. The first-order chi connectivity index (χ1) is 9.49. The number of aryl methyl sites for hydroxylation is 2. The van der Waals surface area contributed by atoms with E-state index < -0.39 is 17.9 Å². The number of hydrogen-bond donors (Lipinski definition) is 2. The summed E-state index contributed by atoms with van der Waals surface area (Å²) in [6.45, 7) is 3.32. The standard InChI is InChI=1S/C14H20N2O4/c1-8-12(20-9(2)15-8)13(17)16-11(14(18)19)10-6-4-3-5-7-10/h10-11H,3-7H2,1-2H3,(H,16,17)(H,18,19). The minimum Gasteiger partial charge on any atom is -0.480 e. The summed E-state index contributed by atoms with van der Waals surface area (Å²) >= 11 is 0. The molecule has 0 radical (unpaired) electrons. The van der Waals surface area contributed by atoms with Crippen LogP contribution in [0.2, 0.25) is 0 Å². The number of carbonyl (C=O) groups excluding carboxylic acids is 1. The Morgan fingerprint density at radius 3 is 2.45 bits per heavy atom. The molecule has 6 nitrogen and oxygen atoms in total. The van der Waals surface area contributed by atoms with Crippen LogP contribution in [0.25, 0.3) is 0 Å². The zero-order chi connectivity index (χ0) is 14.7. The lowest BCUT2D eigenvalue weighted by Gasteiger charge is -2.27. The molecule has 0 saturated heterocycles. The second-order valence-corrected chi connectivity index (χ2v) is 5.33. The number of carboxylic acids is 1. The van der Waals surface area contributed by atoms with Gasteiger partial charge in [0.2, 0.25) is 5.76 Å². The van der Waals surface area contributed by atoms with Crippen molar-refractivity contribution in [3.63, 3.8) is 0 Å². The normalized spacial score (nSPS) is 17.7. The van der Waals surface area contributed by atoms with E-state index in [0.29, 0.717) is 11.6 Å². The van der Waals surface area contributed by atoms with Crippen molar-refractivity contribution in [1.29, 1.82) is 0 Å². The molecule has 2 N–H and O–H groups in total. The molecule has 20 heavy (non-hydrogen) atoms. The van der Waals surface area contributed by atoms with Gasteiger partial charge in [-0.25, -0.2) is 9.78 Å². The average molecular weight is 280 g/mol. The number of nitrogens with one attached hydrogen (secondary N) is 1. The smallest absolute Gasteiger partial charge is 0.326 e. The Bertz CT molecular complexity index is 503. The Morgan fingerprint density at radius 2 is 1.95 bits per heavy atom. The fourth-order valence-corrected chi connectivity index (χ4v) is 2.80. The molecule has 110 valence electrons. The van der Waals surface area contributed by atoms with Crippen LogP contribution in [0.5, 0.6) is 0 Å². The van der Waals surface area contributed by atoms with Gasteiger partial charge in [0.25, 0.3) is 5.91 Å². The number of nitrogens with zero attached hydrogens (tertiary/aromatic N) is 1. The predicted octanol–water partition coefficient (Wildman–Crippen LogP) is 2.05. The Hall–Kier alpha value is -1.85. The van der Waals surface area contributed by atoms with E-state index in [4.69, 9.17) is 4.42 Å². The number of hydrogen-bond acceptors (Lipinski definition) is 4. The number of aliphatic carboxylic acids is 1. The van der Waals surface area contributed by atoms with E-state index in [1.165, 1.54) is 0 Å². The minimum absolute atomic E-state index is 0.00507. The Labute approximate surface area is 117 Å². The van der Waals surface area contributed by atoms with Gasteiger partial charge in [-0.2, -0.15) is 0 Å². The van der Waals surface area contributed by atoms with Gasteiger partial charge in [-0.3, -0.25) is 4.79 Å². The summed E-state index contributed by atoms with van der Waals surface area (Å²) in [6, 6.07) is -0.854. The van der Waals surface area contributed by atoms with E-state index >= 15 is 0 Å². The third-order valence-corrected chi connectivity index (χ3v) is 3.78. The van der Waals surface area contributed by atoms with Crippen LogP contribution in [-0.4, -0.2) is 28.0 Å². The van der Waals surface area contributed by atoms with Crippen LogP contribution >= 0.6 is 0 Å². The molecule has 1 fully saturated rings. The molecular weight excluding hydrogens is 260 g/mol. The van der Waals surface area contributed by atoms with Crippen LogP contribution in [0, 0.1) is 19.8 Å². The van der Waals surface area contributed by atoms with E-state index in [0.717, 1.165) is 32.1 Å². The molecule has 1 atom stereocenters. The molecule has 0 aliphatic heterocycles. The maximum absolute atomic E-state index is 12.1. The highest BCUT2D eigenvalue weighted by Gasteiger charge is 2.32. The number of oxazole rings is 1.